The molecule has 182 valence electrons. The van der Waals surface area contributed by atoms with Crippen molar-refractivity contribution in [3.8, 4) is 11.5 Å². The van der Waals surface area contributed by atoms with Crippen LogP contribution in [0.5, 0.6) is 11.5 Å². The Bertz CT molecular complexity index is 1090. The number of anilines is 1. The number of aryl methyl sites for hydroxylation is 1. The fourth-order valence-electron chi connectivity index (χ4n) is 4.45. The minimum Gasteiger partial charge on any atom is -0.493 e. The number of rotatable bonds is 9. The van der Waals surface area contributed by atoms with Crippen molar-refractivity contribution >= 4 is 22.2 Å². The van der Waals surface area contributed by atoms with Crippen LogP contribution in [0.25, 0.3) is 0 Å². The summed E-state index contributed by atoms with van der Waals surface area (Å²) in [6.07, 6.45) is 2.41. The third-order valence-electron chi connectivity index (χ3n) is 6.37. The van der Waals surface area contributed by atoms with Crippen molar-refractivity contribution < 1.29 is 18.7 Å². The number of nitrogens with zero attached hydrogens (tertiary/aromatic N) is 2. The maximum Gasteiger partial charge on any atom is 0.291 e. The van der Waals surface area contributed by atoms with Crippen molar-refractivity contribution in [3.05, 3.63) is 64.4 Å². The monoisotopic (exact) mass is 483 g/mol. The van der Waals surface area contributed by atoms with Crippen LogP contribution in [-0.2, 0) is 6.42 Å². The first-order chi connectivity index (χ1) is 16.6. The molecule has 0 radical (unpaired) electrons. The van der Waals surface area contributed by atoms with E-state index < -0.39 is 0 Å². The van der Waals surface area contributed by atoms with Crippen molar-refractivity contribution in [2.45, 2.75) is 26.3 Å². The van der Waals surface area contributed by atoms with Gasteiger partial charge in [-0.1, -0.05) is 19.9 Å². The van der Waals surface area contributed by atoms with Gasteiger partial charge in [0.1, 0.15) is 5.00 Å². The van der Waals surface area contributed by atoms with Gasteiger partial charge in [-0.2, -0.15) is 0 Å². The second-order valence-corrected chi connectivity index (χ2v) is 9.41. The van der Waals surface area contributed by atoms with Crippen LogP contribution >= 0.6 is 11.3 Å². The molecule has 1 amide bonds. The first-order valence-corrected chi connectivity index (χ1v) is 12.5. The van der Waals surface area contributed by atoms with Crippen LogP contribution in [0, 0.1) is 0 Å². The summed E-state index contributed by atoms with van der Waals surface area (Å²) in [5.74, 6) is 1.46. The number of carbonyl (C=O) groups is 1. The van der Waals surface area contributed by atoms with Gasteiger partial charge in [-0.05, 0) is 48.9 Å². The standard InChI is InChI=1S/C26H33N3O4S/c1-5-19-17-20(26(34-19)27-25(30)22-8-7-15-33-22)24(29-13-11-28(6-2)12-14-29)18-9-10-21(31-3)23(16-18)32-4/h7-10,15-17,24H,5-6,11-14H2,1-4H3,(H,27,30)/t24-/m0/s1. The van der Waals surface area contributed by atoms with E-state index in [9.17, 15) is 4.79 Å². The summed E-state index contributed by atoms with van der Waals surface area (Å²) in [5, 5.41) is 3.98. The van der Waals surface area contributed by atoms with Crippen LogP contribution in [0.3, 0.4) is 0 Å². The molecule has 1 fully saturated rings. The van der Waals surface area contributed by atoms with Crippen molar-refractivity contribution in [2.24, 2.45) is 0 Å². The van der Waals surface area contributed by atoms with Gasteiger partial charge in [0.15, 0.2) is 17.3 Å². The topological polar surface area (TPSA) is 67.2 Å². The van der Waals surface area contributed by atoms with Crippen LogP contribution in [0.15, 0.2) is 47.1 Å². The lowest BCUT2D eigenvalue weighted by Gasteiger charge is -2.39. The van der Waals surface area contributed by atoms with Crippen molar-refractivity contribution in [1.82, 2.24) is 9.80 Å². The summed E-state index contributed by atoms with van der Waals surface area (Å²) in [6, 6.07) is 11.7. The van der Waals surface area contributed by atoms with Crippen molar-refractivity contribution in [3.63, 3.8) is 0 Å². The number of benzene rings is 1. The lowest BCUT2D eigenvalue weighted by molar-refractivity contribution is 0.0995. The molecule has 0 spiro atoms. The summed E-state index contributed by atoms with van der Waals surface area (Å²) in [5.41, 5.74) is 2.20. The molecule has 0 aliphatic carbocycles. The number of ether oxygens (including phenoxy) is 2. The van der Waals surface area contributed by atoms with E-state index in [4.69, 9.17) is 13.9 Å². The van der Waals surface area contributed by atoms with Gasteiger partial charge in [0.05, 0.1) is 26.5 Å². The Kier molecular flexibility index (Phi) is 7.92. The van der Waals surface area contributed by atoms with Crippen LogP contribution in [0.1, 0.15) is 46.4 Å². The molecule has 3 heterocycles. The van der Waals surface area contributed by atoms with Gasteiger partial charge >= 0.3 is 0 Å². The molecule has 3 aromatic rings. The number of hydrogen-bond acceptors (Lipinski definition) is 7. The molecule has 8 heteroatoms. The molecule has 2 aromatic heterocycles. The maximum absolute atomic E-state index is 12.9. The molecule has 34 heavy (non-hydrogen) atoms. The summed E-state index contributed by atoms with van der Waals surface area (Å²) in [7, 11) is 3.30. The van der Waals surface area contributed by atoms with E-state index in [1.807, 2.05) is 6.07 Å². The molecule has 4 rings (SSSR count). The van der Waals surface area contributed by atoms with Crippen LogP contribution in [0.4, 0.5) is 5.00 Å². The van der Waals surface area contributed by atoms with Gasteiger partial charge in [0, 0.05) is 36.6 Å². The third-order valence-corrected chi connectivity index (χ3v) is 7.58. The van der Waals surface area contributed by atoms with E-state index in [2.05, 4.69) is 47.2 Å². The average Bonchev–Trinajstić information content (AvgIpc) is 3.55. The summed E-state index contributed by atoms with van der Waals surface area (Å²) < 4.78 is 16.4. The van der Waals surface area contributed by atoms with E-state index in [0.29, 0.717) is 17.3 Å². The van der Waals surface area contributed by atoms with Gasteiger partial charge in [-0.15, -0.1) is 11.3 Å². The van der Waals surface area contributed by atoms with Crippen molar-refractivity contribution in [1.29, 1.82) is 0 Å². The zero-order valence-corrected chi connectivity index (χ0v) is 21.1. The van der Waals surface area contributed by atoms with Gasteiger partial charge < -0.3 is 24.1 Å². The Morgan fingerprint density at radius 2 is 1.85 bits per heavy atom. The quantitative estimate of drug-likeness (QED) is 0.467. The lowest BCUT2D eigenvalue weighted by atomic mass is 9.96. The molecule has 0 unspecified atom stereocenters. The number of methoxy groups -OCH3 is 2. The number of carbonyl (C=O) groups excluding carboxylic acids is 1. The molecule has 1 aliphatic heterocycles. The predicted molar refractivity (Wildman–Crippen MR) is 135 cm³/mol. The zero-order valence-electron chi connectivity index (χ0n) is 20.3. The first kappa shape index (κ1) is 24.3. The van der Waals surface area contributed by atoms with Crippen molar-refractivity contribution in [2.75, 3.05) is 52.3 Å². The Balaban J connectivity index is 1.76. The van der Waals surface area contributed by atoms with Gasteiger partial charge in [-0.25, -0.2) is 0 Å². The highest BCUT2D eigenvalue weighted by atomic mass is 32.1. The second-order valence-electron chi connectivity index (χ2n) is 8.27. The Morgan fingerprint density at radius 1 is 1.09 bits per heavy atom. The lowest BCUT2D eigenvalue weighted by Crippen LogP contribution is -2.47. The summed E-state index contributed by atoms with van der Waals surface area (Å²) in [4.78, 5) is 19.1. The molecule has 7 nitrogen and oxygen atoms in total. The van der Waals surface area contributed by atoms with E-state index >= 15 is 0 Å². The van der Waals surface area contributed by atoms with E-state index in [1.54, 1.807) is 37.7 Å². The number of furan rings is 1. The maximum atomic E-state index is 12.9. The number of piperazine rings is 1. The zero-order chi connectivity index (χ0) is 24.1. The third kappa shape index (κ3) is 5.14. The highest BCUT2D eigenvalue weighted by Gasteiger charge is 2.30. The van der Waals surface area contributed by atoms with Gasteiger partial charge in [-0.3, -0.25) is 9.69 Å². The highest BCUT2D eigenvalue weighted by molar-refractivity contribution is 7.16. The Labute approximate surface area is 205 Å². The predicted octanol–water partition coefficient (Wildman–Crippen LogP) is 4.90. The molecule has 1 saturated heterocycles. The molecule has 1 aromatic carbocycles. The molecule has 1 N–H and O–H groups in total. The highest BCUT2D eigenvalue weighted by Crippen LogP contribution is 2.42. The van der Waals surface area contributed by atoms with Gasteiger partial charge in [0.25, 0.3) is 5.91 Å². The minimum atomic E-state index is -0.238. The van der Waals surface area contributed by atoms with E-state index in [0.717, 1.165) is 55.3 Å². The fourth-order valence-corrected chi connectivity index (χ4v) is 5.48. The number of thiophene rings is 1. The number of amides is 1. The van der Waals surface area contributed by atoms with E-state index in [1.165, 1.54) is 11.1 Å². The number of likely N-dealkylation sites (N-methyl/N-ethyl adjacent to an activating group) is 1. The van der Waals surface area contributed by atoms with E-state index in [-0.39, 0.29) is 11.9 Å². The van der Waals surface area contributed by atoms with Crippen LogP contribution in [0.2, 0.25) is 0 Å². The Morgan fingerprint density at radius 3 is 2.47 bits per heavy atom. The first-order valence-electron chi connectivity index (χ1n) is 11.7. The van der Waals surface area contributed by atoms with Crippen LogP contribution in [-0.4, -0.2) is 62.7 Å². The molecule has 1 atom stereocenters. The molecule has 0 saturated carbocycles. The fraction of sp³-hybridized carbons (Fsp3) is 0.423. The number of hydrogen-bond donors (Lipinski definition) is 1. The molecular weight excluding hydrogens is 450 g/mol. The molecular formula is C26H33N3O4S. The second kappa shape index (κ2) is 11.1. The molecule has 0 bridgehead atoms. The van der Waals surface area contributed by atoms with Gasteiger partial charge in [0.2, 0.25) is 0 Å². The number of nitrogens with one attached hydrogen (secondary N) is 1. The normalized spacial score (nSPS) is 15.8. The summed E-state index contributed by atoms with van der Waals surface area (Å²) >= 11 is 1.63. The summed E-state index contributed by atoms with van der Waals surface area (Å²) in [6.45, 7) is 9.30. The largest absolute Gasteiger partial charge is 0.493 e. The van der Waals surface area contributed by atoms with Crippen LogP contribution < -0.4 is 14.8 Å². The average molecular weight is 484 g/mol. The smallest absolute Gasteiger partial charge is 0.291 e. The Hall–Kier alpha value is -2.81. The minimum absolute atomic E-state index is 0.0257. The SMILES string of the molecule is CCc1cc([C@H](c2ccc(OC)c(OC)c2)N2CCN(CC)CC2)c(NC(=O)c2ccco2)s1. The molecule has 1 aliphatic rings.